The Kier molecular flexibility index (Phi) is 9.87. The van der Waals surface area contributed by atoms with Gasteiger partial charge in [0, 0.05) is 43.9 Å². The number of rotatable bonds is 7. The van der Waals surface area contributed by atoms with Gasteiger partial charge in [-0.1, -0.05) is 24.3 Å². The van der Waals surface area contributed by atoms with Crippen LogP contribution in [0.5, 0.6) is 0 Å². The summed E-state index contributed by atoms with van der Waals surface area (Å²) < 4.78 is 130. The van der Waals surface area contributed by atoms with Crippen molar-refractivity contribution in [2.75, 3.05) is 38.0 Å². The van der Waals surface area contributed by atoms with Crippen LogP contribution in [-0.4, -0.2) is 89.3 Å². The molecular weight excluding hydrogens is 610 g/mol. The van der Waals surface area contributed by atoms with E-state index in [1.165, 1.54) is 11.0 Å². The molecule has 18 heteroatoms. The van der Waals surface area contributed by atoms with E-state index in [-0.39, 0.29) is 38.3 Å². The van der Waals surface area contributed by atoms with Crippen LogP contribution >= 0.6 is 0 Å². The Morgan fingerprint density at radius 2 is 1.42 bits per heavy atom. The van der Waals surface area contributed by atoms with E-state index >= 15 is 0 Å². The largest absolute Gasteiger partial charge is 0.430 e. The number of nitrogens with zero attached hydrogens (tertiary/aromatic N) is 2. The molecule has 0 aromatic heterocycles. The van der Waals surface area contributed by atoms with Gasteiger partial charge in [-0.15, -0.1) is 0 Å². The van der Waals surface area contributed by atoms with E-state index in [0.717, 1.165) is 24.3 Å². The fourth-order valence-corrected chi connectivity index (χ4v) is 4.11. The summed E-state index contributed by atoms with van der Waals surface area (Å²) in [7, 11) is 0. The van der Waals surface area contributed by atoms with Crippen LogP contribution in [0, 0.1) is 5.82 Å². The van der Waals surface area contributed by atoms with Gasteiger partial charge < -0.3 is 25.7 Å². The number of carbonyl (C=O) groups excluding carboxylic acids is 2. The molecule has 2 aromatic rings. The number of hydrogen-bond acceptors (Lipinski definition) is 5. The van der Waals surface area contributed by atoms with E-state index in [1.54, 1.807) is 10.2 Å². The molecule has 1 saturated heterocycles. The van der Waals surface area contributed by atoms with E-state index < -0.39 is 65.8 Å². The van der Waals surface area contributed by atoms with Crippen LogP contribution in [0.3, 0.4) is 0 Å². The molecule has 1 aliphatic heterocycles. The third-order valence-corrected chi connectivity index (χ3v) is 6.56. The van der Waals surface area contributed by atoms with Crippen LogP contribution < -0.4 is 10.6 Å². The highest BCUT2D eigenvalue weighted by molar-refractivity contribution is 5.95. The second kappa shape index (κ2) is 12.5. The first-order chi connectivity index (χ1) is 19.7. The molecule has 0 radical (unpaired) electrons. The lowest BCUT2D eigenvalue weighted by molar-refractivity contribution is -0.376. The molecular formula is C25H24F10N4O4. The van der Waals surface area contributed by atoms with Crippen molar-refractivity contribution in [1.29, 1.82) is 0 Å². The normalized spacial score (nSPS) is 16.1. The van der Waals surface area contributed by atoms with Crippen molar-refractivity contribution >= 4 is 17.6 Å². The second-order valence-corrected chi connectivity index (χ2v) is 9.56. The Hall–Kier alpha value is -3.64. The van der Waals surface area contributed by atoms with Gasteiger partial charge in [0.15, 0.2) is 6.10 Å². The van der Waals surface area contributed by atoms with Gasteiger partial charge >= 0.3 is 24.6 Å². The summed E-state index contributed by atoms with van der Waals surface area (Å²) in [6.45, 7) is -0.321. The molecule has 0 aliphatic carbocycles. The van der Waals surface area contributed by atoms with Gasteiger partial charge in [0.1, 0.15) is 5.82 Å². The van der Waals surface area contributed by atoms with Crippen LogP contribution in [0.15, 0.2) is 42.5 Å². The summed E-state index contributed by atoms with van der Waals surface area (Å²) in [6, 6.07) is 4.88. The van der Waals surface area contributed by atoms with E-state index in [0.29, 0.717) is 17.7 Å². The quantitative estimate of drug-likeness (QED) is 0.343. The molecule has 0 bridgehead atoms. The number of aliphatic hydroxyl groups excluding tert-OH is 1. The number of halogens is 10. The van der Waals surface area contributed by atoms with Crippen LogP contribution in [0.4, 0.5) is 54.4 Å². The molecule has 0 spiro atoms. The predicted molar refractivity (Wildman–Crippen MR) is 129 cm³/mol. The summed E-state index contributed by atoms with van der Waals surface area (Å²) in [5, 5.41) is 22.1. The fourth-order valence-electron chi connectivity index (χ4n) is 4.11. The van der Waals surface area contributed by atoms with Gasteiger partial charge in [-0.05, 0) is 23.8 Å². The van der Waals surface area contributed by atoms with Crippen molar-refractivity contribution < 1.29 is 63.7 Å². The molecule has 1 fully saturated rings. The molecule has 43 heavy (non-hydrogen) atoms. The standard InChI is InChI=1S/C25H24F10N4O4/c26-17-11-15(3-6-18(17)37-21(42)36-12-19(40)23(27,28)29)20(41)39-9-7-38(8-10-39)13-14-1-4-16(5-2-14)22(43,24(30,31)32)25(33,34)35/h1-6,11,19,40,43H,7-10,12-13H2,(H2,36,37,42). The highest BCUT2D eigenvalue weighted by atomic mass is 19.4. The molecule has 1 heterocycles. The first kappa shape index (κ1) is 33.9. The highest BCUT2D eigenvalue weighted by Gasteiger charge is 2.71. The van der Waals surface area contributed by atoms with Gasteiger partial charge in [0.2, 0.25) is 0 Å². The number of hydrogen-bond donors (Lipinski definition) is 4. The average Bonchev–Trinajstić information content (AvgIpc) is 2.91. The van der Waals surface area contributed by atoms with Crippen molar-refractivity contribution in [2.24, 2.45) is 0 Å². The first-order valence-electron chi connectivity index (χ1n) is 12.3. The van der Waals surface area contributed by atoms with Crippen LogP contribution in [0.2, 0.25) is 0 Å². The molecule has 3 amide bonds. The summed E-state index contributed by atoms with van der Waals surface area (Å²) in [5.41, 5.74) is -6.64. The zero-order valence-electron chi connectivity index (χ0n) is 21.7. The first-order valence-corrected chi connectivity index (χ1v) is 12.3. The lowest BCUT2D eigenvalue weighted by Gasteiger charge is -2.35. The minimum absolute atomic E-state index is 0.107. The summed E-state index contributed by atoms with van der Waals surface area (Å²) in [6.07, 6.45) is -19.8. The van der Waals surface area contributed by atoms with Crippen LogP contribution in [-0.2, 0) is 12.1 Å². The smallest absolute Gasteiger partial charge is 0.382 e. The second-order valence-electron chi connectivity index (χ2n) is 9.56. The molecule has 0 saturated carbocycles. The molecule has 4 N–H and O–H groups in total. The Bertz CT molecular complexity index is 1280. The van der Waals surface area contributed by atoms with E-state index in [9.17, 15) is 58.6 Å². The Morgan fingerprint density at radius 3 is 1.91 bits per heavy atom. The number of amides is 3. The molecule has 1 unspecified atom stereocenters. The fraction of sp³-hybridized carbons (Fsp3) is 0.440. The minimum atomic E-state index is -6.01. The number of anilines is 1. The minimum Gasteiger partial charge on any atom is -0.382 e. The average molecular weight is 634 g/mol. The predicted octanol–water partition coefficient (Wildman–Crippen LogP) is 4.14. The zero-order valence-corrected chi connectivity index (χ0v) is 21.7. The number of piperazine rings is 1. The van der Waals surface area contributed by atoms with Crippen molar-refractivity contribution in [1.82, 2.24) is 15.1 Å². The lowest BCUT2D eigenvalue weighted by atomic mass is 9.91. The number of urea groups is 1. The zero-order chi connectivity index (χ0) is 32.4. The van der Waals surface area contributed by atoms with Crippen molar-refractivity contribution in [2.45, 2.75) is 36.8 Å². The van der Waals surface area contributed by atoms with E-state index in [4.69, 9.17) is 5.11 Å². The Labute approximate surface area is 236 Å². The molecule has 1 atom stereocenters. The number of carbonyl (C=O) groups is 2. The Balaban J connectivity index is 1.55. The third-order valence-electron chi connectivity index (χ3n) is 6.56. The number of benzene rings is 2. The van der Waals surface area contributed by atoms with Gasteiger partial charge in [0.05, 0.1) is 12.2 Å². The maximum Gasteiger partial charge on any atom is 0.430 e. The highest BCUT2D eigenvalue weighted by Crippen LogP contribution is 2.50. The van der Waals surface area contributed by atoms with Crippen molar-refractivity contribution in [3.05, 3.63) is 65.0 Å². The van der Waals surface area contributed by atoms with E-state index in [1.807, 2.05) is 5.32 Å². The Morgan fingerprint density at radius 1 is 0.860 bits per heavy atom. The molecule has 2 aromatic carbocycles. The van der Waals surface area contributed by atoms with Gasteiger partial charge in [-0.25, -0.2) is 9.18 Å². The molecule has 238 valence electrons. The maximum atomic E-state index is 14.5. The monoisotopic (exact) mass is 634 g/mol. The van der Waals surface area contributed by atoms with Gasteiger partial charge in [-0.2, -0.15) is 39.5 Å². The number of nitrogens with one attached hydrogen (secondary N) is 2. The van der Waals surface area contributed by atoms with E-state index in [2.05, 4.69) is 0 Å². The molecule has 3 rings (SSSR count). The van der Waals surface area contributed by atoms with Gasteiger partial charge in [0.25, 0.3) is 11.5 Å². The number of aliphatic hydroxyl groups is 2. The van der Waals surface area contributed by atoms with Crippen molar-refractivity contribution in [3.8, 4) is 0 Å². The summed E-state index contributed by atoms with van der Waals surface area (Å²) in [5.74, 6) is -1.66. The maximum absolute atomic E-state index is 14.5. The third kappa shape index (κ3) is 7.85. The topological polar surface area (TPSA) is 105 Å². The van der Waals surface area contributed by atoms with Crippen LogP contribution in [0.25, 0.3) is 0 Å². The summed E-state index contributed by atoms with van der Waals surface area (Å²) in [4.78, 5) is 27.7. The number of alkyl halides is 9. The lowest BCUT2D eigenvalue weighted by Crippen LogP contribution is -2.53. The summed E-state index contributed by atoms with van der Waals surface area (Å²) >= 11 is 0. The van der Waals surface area contributed by atoms with Crippen LogP contribution in [0.1, 0.15) is 21.5 Å². The molecule has 1 aliphatic rings. The van der Waals surface area contributed by atoms with Crippen molar-refractivity contribution in [3.63, 3.8) is 0 Å². The van der Waals surface area contributed by atoms with Gasteiger partial charge in [-0.3, -0.25) is 9.69 Å². The SMILES string of the molecule is O=C(NCC(O)C(F)(F)F)Nc1ccc(C(=O)N2CCN(Cc3ccc(C(O)(C(F)(F)F)C(F)(F)F)cc3)CC2)cc1F. The molecule has 8 nitrogen and oxygen atoms in total.